The van der Waals surface area contributed by atoms with Crippen molar-refractivity contribution in [2.24, 2.45) is 0 Å². The Kier molecular flexibility index (Phi) is 4.75. The lowest BCUT2D eigenvalue weighted by Gasteiger charge is -2.16. The van der Waals surface area contributed by atoms with Gasteiger partial charge in [-0.1, -0.05) is 11.8 Å². The molecule has 4 nitrogen and oxygen atoms in total. The van der Waals surface area contributed by atoms with Crippen LogP contribution >= 0.6 is 0 Å². The van der Waals surface area contributed by atoms with Crippen molar-refractivity contribution in [1.29, 1.82) is 0 Å². The third-order valence-corrected chi connectivity index (χ3v) is 2.83. The summed E-state index contributed by atoms with van der Waals surface area (Å²) in [7, 11) is 1.62. The monoisotopic (exact) mass is 287 g/mol. The predicted octanol–water partition coefficient (Wildman–Crippen LogP) is 2.03. The molecule has 0 bridgehead atoms. The molecule has 0 radical (unpaired) electrons. The third-order valence-electron chi connectivity index (χ3n) is 2.83. The summed E-state index contributed by atoms with van der Waals surface area (Å²) in [5, 5.41) is 8.73. The molecule has 1 N–H and O–H groups in total. The van der Waals surface area contributed by atoms with E-state index in [1.165, 1.54) is 29.4 Å². The van der Waals surface area contributed by atoms with Crippen molar-refractivity contribution in [3.05, 3.63) is 59.3 Å². The fourth-order valence-corrected chi connectivity index (χ4v) is 1.85. The number of benzene rings is 1. The van der Waals surface area contributed by atoms with Gasteiger partial charge in [0.05, 0.1) is 18.4 Å². The molecule has 2 aromatic rings. The van der Waals surface area contributed by atoms with E-state index in [4.69, 9.17) is 9.52 Å². The van der Waals surface area contributed by atoms with Gasteiger partial charge < -0.3 is 14.4 Å². The van der Waals surface area contributed by atoms with Gasteiger partial charge in [0.25, 0.3) is 5.91 Å². The predicted molar refractivity (Wildman–Crippen MR) is 74.9 cm³/mol. The van der Waals surface area contributed by atoms with E-state index < -0.39 is 5.82 Å². The fraction of sp³-hybridized carbons (Fsp3) is 0.188. The van der Waals surface area contributed by atoms with E-state index in [1.54, 1.807) is 19.2 Å². The van der Waals surface area contributed by atoms with Crippen LogP contribution in [0.15, 0.2) is 41.0 Å². The van der Waals surface area contributed by atoms with Gasteiger partial charge in [-0.3, -0.25) is 4.79 Å². The standard InChI is InChI=1S/C16H14FNO3/c1-18(11-14-5-3-9-21-14)16(20)15-7-6-13(17)10-12(15)4-2-8-19/h3,5-7,9-10,19H,8,11H2,1H3. The highest BCUT2D eigenvalue weighted by Gasteiger charge is 2.16. The minimum absolute atomic E-state index is 0.250. The van der Waals surface area contributed by atoms with Crippen LogP contribution in [0.3, 0.4) is 0 Å². The van der Waals surface area contributed by atoms with Crippen molar-refractivity contribution in [2.75, 3.05) is 13.7 Å². The fourth-order valence-electron chi connectivity index (χ4n) is 1.85. The Labute approximate surface area is 121 Å². The number of nitrogens with zero attached hydrogens (tertiary/aromatic N) is 1. The number of hydrogen-bond donors (Lipinski definition) is 1. The molecular formula is C16H14FNO3. The van der Waals surface area contributed by atoms with E-state index in [0.717, 1.165) is 0 Å². The van der Waals surface area contributed by atoms with Gasteiger partial charge >= 0.3 is 0 Å². The van der Waals surface area contributed by atoms with Crippen molar-refractivity contribution in [2.45, 2.75) is 6.54 Å². The Balaban J connectivity index is 2.25. The van der Waals surface area contributed by atoms with Crippen LogP contribution in [-0.2, 0) is 6.54 Å². The minimum atomic E-state index is -0.484. The molecule has 0 saturated carbocycles. The van der Waals surface area contributed by atoms with Crippen LogP contribution in [0, 0.1) is 17.7 Å². The number of furan rings is 1. The SMILES string of the molecule is CN(Cc1ccco1)C(=O)c1ccc(F)cc1C#CCO. The van der Waals surface area contributed by atoms with E-state index in [0.29, 0.717) is 12.3 Å². The highest BCUT2D eigenvalue weighted by atomic mass is 19.1. The maximum atomic E-state index is 13.3. The van der Waals surface area contributed by atoms with Gasteiger partial charge in [-0.05, 0) is 30.3 Å². The van der Waals surface area contributed by atoms with Gasteiger partial charge in [-0.25, -0.2) is 4.39 Å². The highest BCUT2D eigenvalue weighted by molar-refractivity contribution is 5.96. The molecule has 2 rings (SSSR count). The van der Waals surface area contributed by atoms with Crippen LogP contribution in [0.1, 0.15) is 21.7 Å². The van der Waals surface area contributed by atoms with Crippen molar-refractivity contribution in [1.82, 2.24) is 4.90 Å². The van der Waals surface area contributed by atoms with Gasteiger partial charge in [0.1, 0.15) is 18.2 Å². The lowest BCUT2D eigenvalue weighted by Crippen LogP contribution is -2.26. The Morgan fingerprint density at radius 3 is 2.90 bits per heavy atom. The summed E-state index contributed by atoms with van der Waals surface area (Å²) < 4.78 is 18.5. The van der Waals surface area contributed by atoms with Gasteiger partial charge in [0.2, 0.25) is 0 Å². The first-order valence-corrected chi connectivity index (χ1v) is 6.29. The van der Waals surface area contributed by atoms with Crippen molar-refractivity contribution in [3.8, 4) is 11.8 Å². The van der Waals surface area contributed by atoms with E-state index >= 15 is 0 Å². The molecule has 0 aliphatic heterocycles. The second-order valence-corrected chi connectivity index (χ2v) is 4.39. The average molecular weight is 287 g/mol. The number of amides is 1. The summed E-state index contributed by atoms with van der Waals surface area (Å²) in [5.74, 6) is 4.88. The summed E-state index contributed by atoms with van der Waals surface area (Å²) in [5.41, 5.74) is 0.534. The van der Waals surface area contributed by atoms with Gasteiger partial charge in [0.15, 0.2) is 0 Å². The molecule has 0 unspecified atom stereocenters. The Bertz CT molecular complexity index is 683. The van der Waals surface area contributed by atoms with Crippen LogP contribution in [-0.4, -0.2) is 29.6 Å². The molecule has 0 aliphatic carbocycles. The number of rotatable bonds is 3. The van der Waals surface area contributed by atoms with Crippen LogP contribution in [0.25, 0.3) is 0 Å². The molecular weight excluding hydrogens is 273 g/mol. The topological polar surface area (TPSA) is 53.7 Å². The number of aliphatic hydroxyl groups excluding tert-OH is 1. The van der Waals surface area contributed by atoms with Crippen LogP contribution in [0.4, 0.5) is 4.39 Å². The number of carbonyl (C=O) groups excluding carboxylic acids is 1. The normalized spacial score (nSPS) is 9.86. The van der Waals surface area contributed by atoms with Gasteiger partial charge in [-0.2, -0.15) is 0 Å². The maximum Gasteiger partial charge on any atom is 0.255 e. The number of hydrogen-bond acceptors (Lipinski definition) is 3. The number of halogens is 1. The van der Waals surface area contributed by atoms with E-state index in [-0.39, 0.29) is 23.6 Å². The third kappa shape index (κ3) is 3.71. The minimum Gasteiger partial charge on any atom is -0.467 e. The quantitative estimate of drug-likeness (QED) is 0.879. The molecule has 0 aliphatic rings. The zero-order valence-electron chi connectivity index (χ0n) is 11.5. The smallest absolute Gasteiger partial charge is 0.255 e. The molecule has 1 aromatic carbocycles. The highest BCUT2D eigenvalue weighted by Crippen LogP contribution is 2.14. The Morgan fingerprint density at radius 2 is 2.24 bits per heavy atom. The lowest BCUT2D eigenvalue weighted by atomic mass is 10.1. The second-order valence-electron chi connectivity index (χ2n) is 4.39. The van der Waals surface area contributed by atoms with Crippen LogP contribution in [0.2, 0.25) is 0 Å². The molecule has 0 atom stereocenters. The number of carbonyl (C=O) groups is 1. The van der Waals surface area contributed by atoms with E-state index in [1.807, 2.05) is 0 Å². The maximum absolute atomic E-state index is 13.3. The first kappa shape index (κ1) is 14.8. The molecule has 5 heteroatoms. The molecule has 1 heterocycles. The lowest BCUT2D eigenvalue weighted by molar-refractivity contribution is 0.0775. The summed E-state index contributed by atoms with van der Waals surface area (Å²) in [6.45, 7) is -0.0531. The molecule has 108 valence electrons. The van der Waals surface area contributed by atoms with Crippen molar-refractivity contribution in [3.63, 3.8) is 0 Å². The molecule has 21 heavy (non-hydrogen) atoms. The Morgan fingerprint density at radius 1 is 1.43 bits per heavy atom. The van der Waals surface area contributed by atoms with E-state index in [9.17, 15) is 9.18 Å². The van der Waals surface area contributed by atoms with Gasteiger partial charge in [-0.15, -0.1) is 0 Å². The average Bonchev–Trinajstić information content (AvgIpc) is 2.97. The van der Waals surface area contributed by atoms with Crippen molar-refractivity contribution >= 4 is 5.91 Å². The van der Waals surface area contributed by atoms with Crippen molar-refractivity contribution < 1.29 is 18.7 Å². The summed E-state index contributed by atoms with van der Waals surface area (Å²) >= 11 is 0. The zero-order chi connectivity index (χ0) is 15.2. The Hall–Kier alpha value is -2.58. The van der Waals surface area contributed by atoms with Crippen LogP contribution in [0.5, 0.6) is 0 Å². The first-order chi connectivity index (χ1) is 10.1. The summed E-state index contributed by atoms with van der Waals surface area (Å²) in [6.07, 6.45) is 1.53. The summed E-state index contributed by atoms with van der Waals surface area (Å²) in [6, 6.07) is 7.27. The number of aliphatic hydroxyl groups is 1. The zero-order valence-corrected chi connectivity index (χ0v) is 11.5. The summed E-state index contributed by atoms with van der Waals surface area (Å²) in [4.78, 5) is 13.9. The molecule has 1 aromatic heterocycles. The largest absolute Gasteiger partial charge is 0.467 e. The molecule has 0 spiro atoms. The first-order valence-electron chi connectivity index (χ1n) is 6.29. The molecule has 1 amide bonds. The molecule has 0 fully saturated rings. The second kappa shape index (κ2) is 6.73. The molecule has 0 saturated heterocycles. The van der Waals surface area contributed by atoms with Crippen LogP contribution < -0.4 is 0 Å². The van der Waals surface area contributed by atoms with E-state index in [2.05, 4.69) is 11.8 Å². The van der Waals surface area contributed by atoms with Gasteiger partial charge in [0, 0.05) is 12.6 Å².